The van der Waals surface area contributed by atoms with E-state index in [2.05, 4.69) is 0 Å². The lowest BCUT2D eigenvalue weighted by Crippen LogP contribution is -2.37. The summed E-state index contributed by atoms with van der Waals surface area (Å²) in [6.07, 6.45) is -4.67. The maximum atomic E-state index is 12.0. The normalized spacial score (nSPS) is 12.0. The molecule has 4 N–H and O–H groups in total. The number of nitrogens with one attached hydrogen (secondary N) is 2. The van der Waals surface area contributed by atoms with E-state index >= 15 is 0 Å². The Hall–Kier alpha value is -1.88. The molecule has 7 nitrogen and oxygen atoms in total. The quantitative estimate of drug-likeness (QED) is 0.678. The Morgan fingerprint density at radius 1 is 1.19 bits per heavy atom. The van der Waals surface area contributed by atoms with Crippen LogP contribution >= 0.6 is 0 Å². The van der Waals surface area contributed by atoms with E-state index in [0.717, 1.165) is 0 Å². The summed E-state index contributed by atoms with van der Waals surface area (Å²) in [4.78, 5) is 0. The number of nitrogen functional groups attached to an aromatic ring is 1. The van der Waals surface area contributed by atoms with Crippen LogP contribution in [0, 0.1) is 0 Å². The van der Waals surface area contributed by atoms with Gasteiger partial charge in [-0.3, -0.25) is 4.72 Å². The van der Waals surface area contributed by atoms with Gasteiger partial charge in [-0.25, -0.2) is 0 Å². The first-order valence-electron chi connectivity index (χ1n) is 5.43. The van der Waals surface area contributed by atoms with E-state index in [-0.39, 0.29) is 22.9 Å². The molecule has 21 heavy (non-hydrogen) atoms. The zero-order valence-corrected chi connectivity index (χ0v) is 11.9. The fourth-order valence-corrected chi connectivity index (χ4v) is 2.23. The van der Waals surface area contributed by atoms with Gasteiger partial charge in [0.05, 0.1) is 25.6 Å². The van der Waals surface area contributed by atoms with E-state index in [9.17, 15) is 21.6 Å². The van der Waals surface area contributed by atoms with Crippen molar-refractivity contribution in [1.82, 2.24) is 4.72 Å². The van der Waals surface area contributed by atoms with Gasteiger partial charge in [0.15, 0.2) is 11.5 Å². The lowest BCUT2D eigenvalue weighted by Gasteiger charge is -2.15. The van der Waals surface area contributed by atoms with Gasteiger partial charge in [-0.15, -0.1) is 0 Å². The highest BCUT2D eigenvalue weighted by atomic mass is 32.2. The van der Waals surface area contributed by atoms with Gasteiger partial charge in [-0.1, -0.05) is 0 Å². The van der Waals surface area contributed by atoms with Gasteiger partial charge in [0.2, 0.25) is 0 Å². The Labute approximate surface area is 119 Å². The first kappa shape index (κ1) is 17.2. The number of benzene rings is 1. The third kappa shape index (κ3) is 5.19. The monoisotopic (exact) mass is 329 g/mol. The van der Waals surface area contributed by atoms with E-state index in [1.54, 1.807) is 0 Å². The lowest BCUT2D eigenvalue weighted by atomic mass is 10.2. The number of halogens is 3. The number of anilines is 2. The number of rotatable bonds is 6. The fraction of sp³-hybridized carbons (Fsp3) is 0.400. The first-order valence-corrected chi connectivity index (χ1v) is 6.92. The number of hydrogen-bond donors (Lipinski definition) is 3. The third-order valence-electron chi connectivity index (χ3n) is 2.26. The largest absolute Gasteiger partial charge is 0.493 e. The number of hydrogen-bond acceptors (Lipinski definition) is 5. The van der Waals surface area contributed by atoms with Crippen molar-refractivity contribution in [3.63, 3.8) is 0 Å². The molecule has 0 bridgehead atoms. The van der Waals surface area contributed by atoms with Crippen molar-refractivity contribution in [2.75, 3.05) is 31.2 Å². The number of ether oxygens (including phenoxy) is 2. The van der Waals surface area contributed by atoms with Crippen LogP contribution in [0.5, 0.6) is 11.5 Å². The summed E-state index contributed by atoms with van der Waals surface area (Å²) >= 11 is 0. The van der Waals surface area contributed by atoms with Gasteiger partial charge in [0.25, 0.3) is 10.2 Å². The van der Waals surface area contributed by atoms with E-state index in [1.807, 2.05) is 4.72 Å². The fourth-order valence-electron chi connectivity index (χ4n) is 1.34. The van der Waals surface area contributed by atoms with Crippen LogP contribution in [0.25, 0.3) is 0 Å². The minimum atomic E-state index is -4.67. The maximum Gasteiger partial charge on any atom is 0.402 e. The number of nitrogens with two attached hydrogens (primary N) is 1. The molecule has 0 spiro atoms. The highest BCUT2D eigenvalue weighted by Gasteiger charge is 2.29. The number of methoxy groups -OCH3 is 2. The van der Waals surface area contributed by atoms with Crippen molar-refractivity contribution in [3.8, 4) is 11.5 Å². The van der Waals surface area contributed by atoms with Gasteiger partial charge in [-0.2, -0.15) is 26.3 Å². The van der Waals surface area contributed by atoms with Crippen molar-refractivity contribution < 1.29 is 31.1 Å². The minimum Gasteiger partial charge on any atom is -0.493 e. The average molecular weight is 329 g/mol. The number of alkyl halides is 3. The van der Waals surface area contributed by atoms with Crippen molar-refractivity contribution >= 4 is 21.6 Å². The molecule has 0 aliphatic rings. The van der Waals surface area contributed by atoms with Crippen LogP contribution in [-0.2, 0) is 10.2 Å². The van der Waals surface area contributed by atoms with Crippen molar-refractivity contribution in [2.24, 2.45) is 0 Å². The SMILES string of the molecule is COc1cc(N)c(NS(=O)(=O)NCC(F)(F)F)cc1OC. The second-order valence-corrected chi connectivity index (χ2v) is 5.34. The Morgan fingerprint density at radius 2 is 1.71 bits per heavy atom. The Morgan fingerprint density at radius 3 is 2.19 bits per heavy atom. The van der Waals surface area contributed by atoms with E-state index in [1.165, 1.54) is 31.1 Å². The van der Waals surface area contributed by atoms with Gasteiger partial charge in [0, 0.05) is 12.1 Å². The van der Waals surface area contributed by atoms with E-state index in [4.69, 9.17) is 15.2 Å². The van der Waals surface area contributed by atoms with Crippen molar-refractivity contribution in [1.29, 1.82) is 0 Å². The molecule has 0 aromatic heterocycles. The van der Waals surface area contributed by atoms with Crippen LogP contribution in [0.15, 0.2) is 12.1 Å². The summed E-state index contributed by atoms with van der Waals surface area (Å²) in [5, 5.41) is 0. The van der Waals surface area contributed by atoms with Crippen molar-refractivity contribution in [3.05, 3.63) is 12.1 Å². The Bertz CT molecular complexity index is 604. The molecule has 0 aliphatic carbocycles. The molecule has 0 atom stereocenters. The highest BCUT2D eigenvalue weighted by Crippen LogP contribution is 2.35. The summed E-state index contributed by atoms with van der Waals surface area (Å²) in [6, 6.07) is 2.47. The topological polar surface area (TPSA) is 103 Å². The Balaban J connectivity index is 2.97. The van der Waals surface area contributed by atoms with Gasteiger partial charge >= 0.3 is 6.18 Å². The zero-order valence-electron chi connectivity index (χ0n) is 11.1. The first-order chi connectivity index (χ1) is 9.58. The molecule has 0 saturated carbocycles. The summed E-state index contributed by atoms with van der Waals surface area (Å²) in [5.41, 5.74) is 5.42. The van der Waals surface area contributed by atoms with Crippen LogP contribution in [0.2, 0.25) is 0 Å². The molecule has 1 aromatic rings. The predicted molar refractivity (Wildman–Crippen MR) is 70.6 cm³/mol. The minimum absolute atomic E-state index is 0.0370. The summed E-state index contributed by atoms with van der Waals surface area (Å²) in [5.74, 6) is 0.418. The van der Waals surface area contributed by atoms with Crippen LogP contribution < -0.4 is 24.7 Å². The molecule has 1 rings (SSSR count). The molecule has 0 radical (unpaired) electrons. The standard InChI is InChI=1S/C10H14F3N3O4S/c1-19-8-3-6(14)7(4-9(8)20-2)16-21(17,18)15-5-10(11,12)13/h3-4,15-16H,5,14H2,1-2H3. The zero-order chi connectivity index (χ0) is 16.3. The van der Waals surface area contributed by atoms with Crippen LogP contribution in [0.3, 0.4) is 0 Å². The molecule has 0 fully saturated rings. The van der Waals surface area contributed by atoms with E-state index in [0.29, 0.717) is 0 Å². The van der Waals surface area contributed by atoms with Gasteiger partial charge < -0.3 is 15.2 Å². The van der Waals surface area contributed by atoms with Gasteiger partial charge in [0.1, 0.15) is 6.54 Å². The molecule has 0 saturated heterocycles. The molecule has 0 unspecified atom stereocenters. The lowest BCUT2D eigenvalue weighted by molar-refractivity contribution is -0.121. The molecule has 0 heterocycles. The van der Waals surface area contributed by atoms with Crippen molar-refractivity contribution in [2.45, 2.75) is 6.18 Å². The molecule has 0 amide bonds. The smallest absolute Gasteiger partial charge is 0.402 e. The average Bonchev–Trinajstić information content (AvgIpc) is 2.37. The second-order valence-electron chi connectivity index (χ2n) is 3.84. The van der Waals surface area contributed by atoms with E-state index < -0.39 is 22.9 Å². The van der Waals surface area contributed by atoms with Crippen LogP contribution in [-0.4, -0.2) is 35.4 Å². The van der Waals surface area contributed by atoms with Gasteiger partial charge in [-0.05, 0) is 0 Å². The summed E-state index contributed by atoms with van der Waals surface area (Å²) in [7, 11) is -1.76. The maximum absolute atomic E-state index is 12.0. The molecular weight excluding hydrogens is 315 g/mol. The molecule has 0 aliphatic heterocycles. The molecule has 120 valence electrons. The summed E-state index contributed by atoms with van der Waals surface area (Å²) in [6.45, 7) is -1.70. The summed E-state index contributed by atoms with van der Waals surface area (Å²) < 4.78 is 72.2. The van der Waals surface area contributed by atoms with Crippen LogP contribution in [0.4, 0.5) is 24.5 Å². The molecular formula is C10H14F3N3O4S. The highest BCUT2D eigenvalue weighted by molar-refractivity contribution is 7.90. The molecule has 11 heteroatoms. The third-order valence-corrected chi connectivity index (χ3v) is 3.28. The Kier molecular flexibility index (Phi) is 5.12. The predicted octanol–water partition coefficient (Wildman–Crippen LogP) is 1.09. The van der Waals surface area contributed by atoms with Crippen LogP contribution in [0.1, 0.15) is 0 Å². The second kappa shape index (κ2) is 6.26. The molecule has 1 aromatic carbocycles.